The maximum absolute atomic E-state index is 10.3. The van der Waals surface area contributed by atoms with Gasteiger partial charge in [0.1, 0.15) is 0 Å². The largest absolute Gasteiger partial charge is 0.481 e. The second-order valence-corrected chi connectivity index (χ2v) is 3.10. The molecule has 12 heavy (non-hydrogen) atoms. The van der Waals surface area contributed by atoms with Gasteiger partial charge < -0.3 is 5.11 Å². The van der Waals surface area contributed by atoms with Crippen LogP contribution in [-0.4, -0.2) is 11.1 Å². The van der Waals surface area contributed by atoms with E-state index in [4.69, 9.17) is 5.11 Å². The molecule has 0 aliphatic heterocycles. The minimum absolute atomic E-state index is 0. The Kier molecular flexibility index (Phi) is 8.34. The number of carboxylic acid groups (broad SMARTS) is 1. The number of hydrogen-bond acceptors (Lipinski definition) is 1. The zero-order valence-electron chi connectivity index (χ0n) is 6.18. The molecule has 2 heteroatoms. The van der Waals surface area contributed by atoms with Gasteiger partial charge >= 0.3 is 5.97 Å². The number of carboxylic acids is 1. The first-order valence-electron chi connectivity index (χ1n) is 4.01. The summed E-state index contributed by atoms with van der Waals surface area (Å²) in [5, 5.41) is 8.47. The van der Waals surface area contributed by atoms with E-state index in [0.29, 0.717) is 12.3 Å². The van der Waals surface area contributed by atoms with Crippen molar-refractivity contribution in [3.8, 4) is 0 Å². The topological polar surface area (TPSA) is 37.3 Å². The third kappa shape index (κ3) is 5.16. The van der Waals surface area contributed by atoms with Crippen LogP contribution in [-0.2, 0) is 4.79 Å². The predicted octanol–water partition coefficient (Wildman–Crippen LogP) is 3.31. The normalized spacial score (nSPS) is 17.3. The van der Waals surface area contributed by atoms with Crippen LogP contribution >= 0.6 is 0 Å². The van der Waals surface area contributed by atoms with Crippen LogP contribution in [0.3, 0.4) is 0 Å². The molecule has 0 unspecified atom stereocenters. The SMILES string of the molecule is C.C.O=C(O)CC1CCCCC1. The lowest BCUT2D eigenvalue weighted by Gasteiger charge is -2.18. The fourth-order valence-electron chi connectivity index (χ4n) is 1.64. The molecule has 0 spiro atoms. The van der Waals surface area contributed by atoms with Crippen LogP contribution in [0.2, 0.25) is 0 Å². The van der Waals surface area contributed by atoms with Gasteiger partial charge in [-0.05, 0) is 18.8 Å². The van der Waals surface area contributed by atoms with Crippen molar-refractivity contribution >= 4 is 5.97 Å². The molecular formula is C10H22O2. The highest BCUT2D eigenvalue weighted by Crippen LogP contribution is 2.25. The second-order valence-electron chi connectivity index (χ2n) is 3.10. The molecule has 0 saturated heterocycles. The summed E-state index contributed by atoms with van der Waals surface area (Å²) in [6, 6.07) is 0. The van der Waals surface area contributed by atoms with E-state index in [1.165, 1.54) is 19.3 Å². The molecule has 1 saturated carbocycles. The lowest BCUT2D eigenvalue weighted by atomic mass is 9.87. The Hall–Kier alpha value is -0.530. The lowest BCUT2D eigenvalue weighted by Crippen LogP contribution is -2.10. The Bertz CT molecular complexity index is 115. The first-order valence-corrected chi connectivity index (χ1v) is 4.01. The van der Waals surface area contributed by atoms with Gasteiger partial charge in [0.05, 0.1) is 0 Å². The van der Waals surface area contributed by atoms with Gasteiger partial charge in [-0.2, -0.15) is 0 Å². The van der Waals surface area contributed by atoms with Crippen molar-refractivity contribution in [3.05, 3.63) is 0 Å². The molecule has 1 fully saturated rings. The van der Waals surface area contributed by atoms with Crippen LogP contribution in [0, 0.1) is 5.92 Å². The van der Waals surface area contributed by atoms with E-state index in [9.17, 15) is 4.79 Å². The highest BCUT2D eigenvalue weighted by molar-refractivity contribution is 5.66. The minimum atomic E-state index is -0.632. The highest BCUT2D eigenvalue weighted by atomic mass is 16.4. The maximum atomic E-state index is 10.3. The summed E-state index contributed by atoms with van der Waals surface area (Å²) in [7, 11) is 0. The van der Waals surface area contributed by atoms with Crippen molar-refractivity contribution < 1.29 is 9.90 Å². The van der Waals surface area contributed by atoms with Gasteiger partial charge in [0, 0.05) is 6.42 Å². The standard InChI is InChI=1S/C8H14O2.2CH4/c9-8(10)6-7-4-2-1-3-5-7;;/h7H,1-6H2,(H,9,10);2*1H4. The Labute approximate surface area is 76.0 Å². The van der Waals surface area contributed by atoms with Crippen LogP contribution in [0.5, 0.6) is 0 Å². The number of aliphatic carboxylic acids is 1. The molecule has 1 aliphatic carbocycles. The fraction of sp³-hybridized carbons (Fsp3) is 0.900. The van der Waals surface area contributed by atoms with Crippen molar-refractivity contribution in [2.45, 2.75) is 53.4 Å². The van der Waals surface area contributed by atoms with E-state index in [-0.39, 0.29) is 14.9 Å². The van der Waals surface area contributed by atoms with Crippen molar-refractivity contribution in [2.24, 2.45) is 5.92 Å². The average molecular weight is 174 g/mol. The van der Waals surface area contributed by atoms with E-state index in [1.54, 1.807) is 0 Å². The highest BCUT2D eigenvalue weighted by Gasteiger charge is 2.15. The quantitative estimate of drug-likeness (QED) is 0.697. The summed E-state index contributed by atoms with van der Waals surface area (Å²) in [6.07, 6.45) is 6.42. The Morgan fingerprint density at radius 3 is 2.08 bits per heavy atom. The van der Waals surface area contributed by atoms with Gasteiger partial charge in [-0.3, -0.25) is 4.79 Å². The predicted molar refractivity (Wildman–Crippen MR) is 52.3 cm³/mol. The summed E-state index contributed by atoms with van der Waals surface area (Å²) in [5.41, 5.74) is 0. The first-order chi connectivity index (χ1) is 4.79. The fourth-order valence-corrected chi connectivity index (χ4v) is 1.64. The van der Waals surface area contributed by atoms with Crippen molar-refractivity contribution in [3.63, 3.8) is 0 Å². The van der Waals surface area contributed by atoms with Crippen molar-refractivity contribution in [1.82, 2.24) is 0 Å². The summed E-state index contributed by atoms with van der Waals surface area (Å²) < 4.78 is 0. The van der Waals surface area contributed by atoms with E-state index in [2.05, 4.69) is 0 Å². The Balaban J connectivity index is 0. The Morgan fingerprint density at radius 1 is 1.17 bits per heavy atom. The monoisotopic (exact) mass is 174 g/mol. The van der Waals surface area contributed by atoms with Crippen LogP contribution < -0.4 is 0 Å². The molecule has 0 aromatic rings. The molecule has 0 bridgehead atoms. The van der Waals surface area contributed by atoms with E-state index >= 15 is 0 Å². The van der Waals surface area contributed by atoms with Crippen LogP contribution in [0.15, 0.2) is 0 Å². The molecule has 0 aromatic carbocycles. The smallest absolute Gasteiger partial charge is 0.303 e. The third-order valence-corrected chi connectivity index (χ3v) is 2.19. The van der Waals surface area contributed by atoms with E-state index in [0.717, 1.165) is 12.8 Å². The molecule has 74 valence electrons. The van der Waals surface area contributed by atoms with E-state index < -0.39 is 5.97 Å². The summed E-state index contributed by atoms with van der Waals surface area (Å²) in [5.74, 6) is -0.154. The van der Waals surface area contributed by atoms with E-state index in [1.807, 2.05) is 0 Å². The van der Waals surface area contributed by atoms with Crippen LogP contribution in [0.4, 0.5) is 0 Å². The third-order valence-electron chi connectivity index (χ3n) is 2.19. The molecule has 0 atom stereocenters. The molecule has 0 aromatic heterocycles. The Morgan fingerprint density at radius 2 is 1.67 bits per heavy atom. The maximum Gasteiger partial charge on any atom is 0.303 e. The molecule has 1 rings (SSSR count). The van der Waals surface area contributed by atoms with Crippen molar-refractivity contribution in [1.29, 1.82) is 0 Å². The van der Waals surface area contributed by atoms with Crippen LogP contribution in [0.1, 0.15) is 53.4 Å². The summed E-state index contributed by atoms with van der Waals surface area (Å²) in [6.45, 7) is 0. The molecular weight excluding hydrogens is 152 g/mol. The van der Waals surface area contributed by atoms with Gasteiger partial charge in [0.2, 0.25) is 0 Å². The van der Waals surface area contributed by atoms with Gasteiger partial charge in [-0.25, -0.2) is 0 Å². The molecule has 2 nitrogen and oxygen atoms in total. The van der Waals surface area contributed by atoms with Crippen molar-refractivity contribution in [2.75, 3.05) is 0 Å². The summed E-state index contributed by atoms with van der Waals surface area (Å²) in [4.78, 5) is 10.3. The summed E-state index contributed by atoms with van der Waals surface area (Å²) >= 11 is 0. The minimum Gasteiger partial charge on any atom is -0.481 e. The van der Waals surface area contributed by atoms with Gasteiger partial charge in [-0.15, -0.1) is 0 Å². The first kappa shape index (κ1) is 14.0. The molecule has 0 amide bonds. The molecule has 0 radical (unpaired) electrons. The van der Waals surface area contributed by atoms with Gasteiger partial charge in [0.25, 0.3) is 0 Å². The molecule has 1 aliphatic rings. The molecule has 0 heterocycles. The number of rotatable bonds is 2. The number of hydrogen-bond donors (Lipinski definition) is 1. The van der Waals surface area contributed by atoms with Crippen LogP contribution in [0.25, 0.3) is 0 Å². The van der Waals surface area contributed by atoms with Gasteiger partial charge in [-0.1, -0.05) is 34.1 Å². The molecule has 1 N–H and O–H groups in total. The second kappa shape index (κ2) is 7.14. The average Bonchev–Trinajstić information content (AvgIpc) is 1.88. The lowest BCUT2D eigenvalue weighted by molar-refractivity contribution is -0.138. The van der Waals surface area contributed by atoms with Gasteiger partial charge in [0.15, 0.2) is 0 Å². The zero-order valence-corrected chi connectivity index (χ0v) is 6.18. The number of carbonyl (C=O) groups is 1. The zero-order chi connectivity index (χ0) is 7.40.